The number of nitrogens with one attached hydrogen (secondary N) is 2. The molecule has 2 fully saturated rings. The first kappa shape index (κ1) is 25.8. The summed E-state index contributed by atoms with van der Waals surface area (Å²) in [5.41, 5.74) is -0.909. The molecule has 176 valence electrons. The van der Waals surface area contributed by atoms with Crippen LogP contribution in [0.4, 0.5) is 0 Å². The van der Waals surface area contributed by atoms with E-state index in [9.17, 15) is 14.4 Å². The summed E-state index contributed by atoms with van der Waals surface area (Å²) in [4.78, 5) is 35.5. The molecule has 2 aliphatic rings. The third-order valence-corrected chi connectivity index (χ3v) is 8.32. The molecule has 6 nitrogen and oxygen atoms in total. The van der Waals surface area contributed by atoms with E-state index in [2.05, 4.69) is 41.5 Å². The predicted molar refractivity (Wildman–Crippen MR) is 126 cm³/mol. The molecule has 0 spiro atoms. The van der Waals surface area contributed by atoms with E-state index >= 15 is 0 Å². The van der Waals surface area contributed by atoms with Gasteiger partial charge in [-0.05, 0) is 64.2 Å². The van der Waals surface area contributed by atoms with Crippen LogP contribution in [-0.2, 0) is 14.4 Å². The Morgan fingerprint density at radius 3 is 2.42 bits per heavy atom. The molecule has 2 aliphatic heterocycles. The van der Waals surface area contributed by atoms with E-state index < -0.39 is 11.5 Å². The monoisotopic (exact) mass is 452 g/mol. The molecule has 3 N–H and O–H groups in total. The summed E-state index contributed by atoms with van der Waals surface area (Å²) in [6.45, 7) is 6.30. The average molecular weight is 453 g/mol. The summed E-state index contributed by atoms with van der Waals surface area (Å²) in [6.07, 6.45) is 12.9. The van der Waals surface area contributed by atoms with Gasteiger partial charge in [0.15, 0.2) is 0 Å². The van der Waals surface area contributed by atoms with Gasteiger partial charge in [0.05, 0.1) is 0 Å². The van der Waals surface area contributed by atoms with Crippen LogP contribution in [0.3, 0.4) is 0 Å². The lowest BCUT2D eigenvalue weighted by molar-refractivity contribution is -0.137. The topological polar surface area (TPSA) is 95.5 Å². The van der Waals surface area contributed by atoms with Crippen molar-refractivity contribution >= 4 is 29.5 Å². The average Bonchev–Trinajstić information content (AvgIpc) is 3.30. The molecule has 4 atom stereocenters. The zero-order valence-electron chi connectivity index (χ0n) is 19.3. The molecule has 0 saturated carbocycles. The maximum Gasteiger partial charge on any atom is 0.303 e. The molecule has 0 unspecified atom stereocenters. The molecule has 0 aromatic heterocycles. The van der Waals surface area contributed by atoms with Gasteiger partial charge in [0.25, 0.3) is 0 Å². The van der Waals surface area contributed by atoms with Crippen molar-refractivity contribution in [3.8, 4) is 0 Å². The summed E-state index contributed by atoms with van der Waals surface area (Å²) < 4.78 is 0. The highest BCUT2D eigenvalue weighted by Crippen LogP contribution is 2.54. The van der Waals surface area contributed by atoms with Crippen LogP contribution >= 0.6 is 11.8 Å². The van der Waals surface area contributed by atoms with Gasteiger partial charge < -0.3 is 15.7 Å². The number of hydrogen-bond acceptors (Lipinski definition) is 4. The molecule has 0 aromatic carbocycles. The first-order chi connectivity index (χ1) is 14.7. The molecular weight excluding hydrogens is 412 g/mol. The Balaban J connectivity index is 1.80. The number of unbranched alkanes of at least 4 members (excludes halogenated alkanes) is 3. The summed E-state index contributed by atoms with van der Waals surface area (Å²) in [7, 11) is 0. The van der Waals surface area contributed by atoms with Crippen LogP contribution in [0.5, 0.6) is 0 Å². The van der Waals surface area contributed by atoms with Gasteiger partial charge in [0.1, 0.15) is 5.54 Å². The summed E-state index contributed by atoms with van der Waals surface area (Å²) in [5.74, 6) is 0.0785. The number of aliphatic carboxylic acids is 1. The third-order valence-electron chi connectivity index (χ3n) is 6.45. The largest absolute Gasteiger partial charge is 0.481 e. The number of fused-ring (bicyclic) bond motifs is 2. The number of hydrogen-bond donors (Lipinski definition) is 3. The van der Waals surface area contributed by atoms with Crippen LogP contribution in [0.2, 0.25) is 0 Å². The second-order valence-corrected chi connectivity index (χ2v) is 10.9. The van der Waals surface area contributed by atoms with Crippen LogP contribution in [-0.4, -0.2) is 45.5 Å². The normalized spacial score (nSPS) is 25.1. The molecule has 0 aliphatic carbocycles. The minimum Gasteiger partial charge on any atom is -0.481 e. The fourth-order valence-corrected chi connectivity index (χ4v) is 6.67. The number of carboxylic acid groups (broad SMARTS) is 1. The Morgan fingerprint density at radius 1 is 1.03 bits per heavy atom. The highest BCUT2D eigenvalue weighted by molar-refractivity contribution is 8.01. The Bertz CT molecular complexity index is 649. The molecule has 7 heteroatoms. The SMILES string of the molecule is CCCCCC(=O)NC(C)(C)C(=O)NC[C@H]1[C@@H](C/C=C\CCCC(=O)O)[C@H]2CC[C@@H]1S2. The third kappa shape index (κ3) is 8.17. The summed E-state index contributed by atoms with van der Waals surface area (Å²) in [6, 6.07) is 0. The van der Waals surface area contributed by atoms with Gasteiger partial charge in [-0.1, -0.05) is 31.9 Å². The van der Waals surface area contributed by atoms with Crippen molar-refractivity contribution in [2.24, 2.45) is 11.8 Å². The molecule has 2 heterocycles. The molecule has 2 rings (SSSR count). The minimum atomic E-state index is -0.909. The van der Waals surface area contributed by atoms with Crippen LogP contribution in [0.25, 0.3) is 0 Å². The lowest BCUT2D eigenvalue weighted by Gasteiger charge is -2.31. The van der Waals surface area contributed by atoms with E-state index in [1.807, 2.05) is 0 Å². The van der Waals surface area contributed by atoms with E-state index in [1.165, 1.54) is 12.8 Å². The fraction of sp³-hybridized carbons (Fsp3) is 0.792. The van der Waals surface area contributed by atoms with E-state index in [0.29, 0.717) is 41.7 Å². The molecule has 2 bridgehead atoms. The zero-order valence-corrected chi connectivity index (χ0v) is 20.1. The lowest BCUT2D eigenvalue weighted by Crippen LogP contribution is -2.55. The van der Waals surface area contributed by atoms with Gasteiger partial charge in [-0.3, -0.25) is 14.4 Å². The van der Waals surface area contributed by atoms with Crippen molar-refractivity contribution in [1.82, 2.24) is 10.6 Å². The first-order valence-electron chi connectivity index (χ1n) is 11.9. The number of rotatable bonds is 14. The van der Waals surface area contributed by atoms with Crippen molar-refractivity contribution in [1.29, 1.82) is 0 Å². The maximum absolute atomic E-state index is 12.8. The van der Waals surface area contributed by atoms with Crippen molar-refractivity contribution in [2.75, 3.05) is 6.54 Å². The van der Waals surface area contributed by atoms with E-state index in [-0.39, 0.29) is 18.2 Å². The second kappa shape index (κ2) is 12.5. The van der Waals surface area contributed by atoms with Crippen LogP contribution in [0, 0.1) is 11.8 Å². The number of thioether (sulfide) groups is 1. The van der Waals surface area contributed by atoms with Crippen molar-refractivity contribution in [3.63, 3.8) is 0 Å². The van der Waals surface area contributed by atoms with Crippen LogP contribution in [0.1, 0.15) is 85.0 Å². The summed E-state index contributed by atoms with van der Waals surface area (Å²) in [5, 5.41) is 16.0. The fourth-order valence-electron chi connectivity index (χ4n) is 4.66. The van der Waals surface area contributed by atoms with Crippen LogP contribution < -0.4 is 10.6 Å². The highest BCUT2D eigenvalue weighted by Gasteiger charge is 2.47. The van der Waals surface area contributed by atoms with Gasteiger partial charge >= 0.3 is 5.97 Å². The number of allylic oxidation sites excluding steroid dienone is 2. The highest BCUT2D eigenvalue weighted by atomic mass is 32.2. The van der Waals surface area contributed by atoms with Gasteiger partial charge in [0, 0.05) is 29.9 Å². The maximum atomic E-state index is 12.8. The number of amides is 2. The Hall–Kier alpha value is -1.50. The lowest BCUT2D eigenvalue weighted by atomic mass is 9.77. The van der Waals surface area contributed by atoms with Gasteiger partial charge in [-0.25, -0.2) is 0 Å². The number of carbonyl (C=O) groups excluding carboxylic acids is 2. The molecular formula is C24H40N2O4S. The van der Waals surface area contributed by atoms with Gasteiger partial charge in [0.2, 0.25) is 11.8 Å². The standard InChI is InChI=1S/C24H40N2O4S/c1-4-5-8-12-21(27)26-24(2,3)23(30)25-16-18-17(19-14-15-20(18)31-19)11-9-6-7-10-13-22(28)29/h6,9,17-20H,4-5,7-8,10-16H2,1-3H3,(H,25,30)(H,26,27)(H,28,29)/b9-6-/t17-,18+,19-,20+/m1/s1. The van der Waals surface area contributed by atoms with Crippen molar-refractivity contribution in [2.45, 2.75) is 101 Å². The zero-order chi connectivity index (χ0) is 22.9. The van der Waals surface area contributed by atoms with E-state index in [1.54, 1.807) is 13.8 Å². The minimum absolute atomic E-state index is 0.0602. The van der Waals surface area contributed by atoms with Crippen molar-refractivity contribution in [3.05, 3.63) is 12.2 Å². The Morgan fingerprint density at radius 2 is 1.74 bits per heavy atom. The smallest absolute Gasteiger partial charge is 0.303 e. The molecule has 0 aromatic rings. The Labute approximate surface area is 191 Å². The molecule has 2 saturated heterocycles. The Kier molecular flexibility index (Phi) is 10.4. The molecule has 0 radical (unpaired) electrons. The second-order valence-electron chi connectivity index (χ2n) is 9.45. The van der Waals surface area contributed by atoms with E-state index in [4.69, 9.17) is 5.11 Å². The first-order valence-corrected chi connectivity index (χ1v) is 12.8. The number of carbonyl (C=O) groups is 3. The quantitative estimate of drug-likeness (QED) is 0.270. The summed E-state index contributed by atoms with van der Waals surface area (Å²) >= 11 is 2.07. The van der Waals surface area contributed by atoms with Gasteiger partial charge in [-0.2, -0.15) is 11.8 Å². The molecule has 2 amide bonds. The van der Waals surface area contributed by atoms with Gasteiger partial charge in [-0.15, -0.1) is 0 Å². The predicted octanol–water partition coefficient (Wildman–Crippen LogP) is 4.29. The number of carboxylic acids is 1. The van der Waals surface area contributed by atoms with E-state index in [0.717, 1.165) is 32.1 Å². The molecule has 31 heavy (non-hydrogen) atoms. The van der Waals surface area contributed by atoms with Crippen LogP contribution in [0.15, 0.2) is 12.2 Å². The van der Waals surface area contributed by atoms with Crippen molar-refractivity contribution < 1.29 is 19.5 Å².